The molecule has 1 aliphatic rings. The van der Waals surface area contributed by atoms with E-state index in [2.05, 4.69) is 27.0 Å². The van der Waals surface area contributed by atoms with Crippen LogP contribution in [0.1, 0.15) is 24.6 Å². The molecule has 5 nitrogen and oxygen atoms in total. The first-order valence-electron chi connectivity index (χ1n) is 8.90. The fourth-order valence-corrected chi connectivity index (χ4v) is 3.95. The summed E-state index contributed by atoms with van der Waals surface area (Å²) in [5.41, 5.74) is 3.85. The van der Waals surface area contributed by atoms with Crippen LogP contribution in [0.2, 0.25) is 5.15 Å². The molecule has 0 bridgehead atoms. The molecule has 1 aliphatic heterocycles. The molecule has 0 radical (unpaired) electrons. The monoisotopic (exact) mass is 363 g/mol. The lowest BCUT2D eigenvalue weighted by Gasteiger charge is -2.32. The molecular formula is C20H18ClN5. The van der Waals surface area contributed by atoms with Gasteiger partial charge in [0.2, 0.25) is 0 Å². The zero-order chi connectivity index (χ0) is 17.5. The van der Waals surface area contributed by atoms with E-state index in [-0.39, 0.29) is 0 Å². The number of hydrogen-bond donors (Lipinski definition) is 1. The number of anilines is 1. The highest BCUT2D eigenvalue weighted by Crippen LogP contribution is 2.32. The summed E-state index contributed by atoms with van der Waals surface area (Å²) in [6.07, 6.45) is 2.04. The molecule has 0 spiro atoms. The molecule has 0 saturated carbocycles. The van der Waals surface area contributed by atoms with E-state index in [1.807, 2.05) is 36.4 Å². The topological polar surface area (TPSA) is 57.7 Å². The molecule has 130 valence electrons. The lowest BCUT2D eigenvalue weighted by Crippen LogP contribution is -2.34. The number of hydrogen-bond acceptors (Lipinski definition) is 4. The summed E-state index contributed by atoms with van der Waals surface area (Å²) in [7, 11) is 0. The molecular weight excluding hydrogens is 346 g/mol. The number of imidazole rings is 1. The van der Waals surface area contributed by atoms with Gasteiger partial charge in [-0.05, 0) is 37.1 Å². The van der Waals surface area contributed by atoms with E-state index in [1.165, 1.54) is 0 Å². The van der Waals surface area contributed by atoms with Crippen LogP contribution in [0, 0.1) is 0 Å². The molecule has 1 N–H and O–H groups in total. The number of fused-ring (bicyclic) bond motifs is 2. The highest BCUT2D eigenvalue weighted by atomic mass is 35.5. The molecule has 3 heterocycles. The van der Waals surface area contributed by atoms with Crippen molar-refractivity contribution in [2.75, 3.05) is 18.0 Å². The Balaban J connectivity index is 1.37. The summed E-state index contributed by atoms with van der Waals surface area (Å²) in [6, 6.07) is 16.0. The number of aromatic nitrogens is 4. The van der Waals surface area contributed by atoms with Crippen LogP contribution in [-0.2, 0) is 0 Å². The normalized spacial score (nSPS) is 15.8. The quantitative estimate of drug-likeness (QED) is 0.568. The van der Waals surface area contributed by atoms with Gasteiger partial charge in [0.15, 0.2) is 11.0 Å². The van der Waals surface area contributed by atoms with Gasteiger partial charge in [0, 0.05) is 19.0 Å². The van der Waals surface area contributed by atoms with Crippen molar-refractivity contribution in [2.24, 2.45) is 0 Å². The number of benzene rings is 2. The van der Waals surface area contributed by atoms with E-state index in [4.69, 9.17) is 21.6 Å². The van der Waals surface area contributed by atoms with Crippen molar-refractivity contribution < 1.29 is 0 Å². The van der Waals surface area contributed by atoms with Crippen LogP contribution in [0.15, 0.2) is 48.5 Å². The molecule has 0 aliphatic carbocycles. The Morgan fingerprint density at radius 3 is 2.23 bits per heavy atom. The second-order valence-electron chi connectivity index (χ2n) is 6.73. The van der Waals surface area contributed by atoms with Crippen molar-refractivity contribution >= 4 is 39.5 Å². The molecule has 1 fully saturated rings. The highest BCUT2D eigenvalue weighted by molar-refractivity contribution is 6.32. The first kappa shape index (κ1) is 15.6. The lowest BCUT2D eigenvalue weighted by atomic mass is 9.96. The molecule has 0 atom stereocenters. The molecule has 2 aromatic carbocycles. The number of rotatable bonds is 2. The first-order chi connectivity index (χ1) is 12.8. The van der Waals surface area contributed by atoms with E-state index in [1.54, 1.807) is 0 Å². The van der Waals surface area contributed by atoms with Gasteiger partial charge in [0.05, 0.1) is 22.1 Å². The number of nitrogens with zero attached hydrogens (tertiary/aromatic N) is 4. The first-order valence-corrected chi connectivity index (χ1v) is 9.27. The zero-order valence-electron chi connectivity index (χ0n) is 14.2. The minimum atomic E-state index is 0.436. The Hall–Kier alpha value is -2.66. The van der Waals surface area contributed by atoms with Gasteiger partial charge in [-0.25, -0.2) is 15.0 Å². The van der Waals surface area contributed by atoms with Crippen LogP contribution >= 0.6 is 11.6 Å². The van der Waals surface area contributed by atoms with Crippen LogP contribution in [-0.4, -0.2) is 33.0 Å². The predicted molar refractivity (Wildman–Crippen MR) is 105 cm³/mol. The maximum atomic E-state index is 6.41. The van der Waals surface area contributed by atoms with E-state index in [9.17, 15) is 0 Å². The van der Waals surface area contributed by atoms with E-state index in [0.717, 1.165) is 59.6 Å². The van der Waals surface area contributed by atoms with Crippen molar-refractivity contribution in [3.63, 3.8) is 0 Å². The molecule has 6 heteroatoms. The standard InChI is InChI=1S/C20H18ClN5/c21-18-20(25-17-8-4-1-5-14(17)22-18)26-11-9-13(10-12-26)19-23-15-6-2-3-7-16(15)24-19/h1-8,13H,9-12H2,(H,23,24). The molecule has 4 aromatic rings. The van der Waals surface area contributed by atoms with Crippen LogP contribution in [0.4, 0.5) is 5.82 Å². The number of halogens is 1. The summed E-state index contributed by atoms with van der Waals surface area (Å²) in [6.45, 7) is 1.79. The smallest absolute Gasteiger partial charge is 0.172 e. The Labute approximate surface area is 156 Å². The summed E-state index contributed by atoms with van der Waals surface area (Å²) in [5, 5.41) is 0.478. The minimum Gasteiger partial charge on any atom is -0.354 e. The van der Waals surface area contributed by atoms with Gasteiger partial charge in [-0.15, -0.1) is 0 Å². The van der Waals surface area contributed by atoms with Gasteiger partial charge >= 0.3 is 0 Å². The summed E-state index contributed by atoms with van der Waals surface area (Å²) in [4.78, 5) is 19.7. The van der Waals surface area contributed by atoms with Gasteiger partial charge in [-0.1, -0.05) is 35.9 Å². The number of nitrogens with one attached hydrogen (secondary N) is 1. The fraction of sp³-hybridized carbons (Fsp3) is 0.250. The van der Waals surface area contributed by atoms with Crippen molar-refractivity contribution in [2.45, 2.75) is 18.8 Å². The summed E-state index contributed by atoms with van der Waals surface area (Å²) >= 11 is 6.41. The highest BCUT2D eigenvalue weighted by Gasteiger charge is 2.25. The minimum absolute atomic E-state index is 0.436. The molecule has 0 amide bonds. The third-order valence-electron chi connectivity index (χ3n) is 5.10. The Kier molecular flexibility index (Phi) is 3.75. The van der Waals surface area contributed by atoms with Gasteiger partial charge in [0.25, 0.3) is 0 Å². The maximum Gasteiger partial charge on any atom is 0.172 e. The van der Waals surface area contributed by atoms with Gasteiger partial charge in [0.1, 0.15) is 5.82 Å². The van der Waals surface area contributed by atoms with E-state index >= 15 is 0 Å². The van der Waals surface area contributed by atoms with Gasteiger partial charge < -0.3 is 9.88 Å². The van der Waals surface area contributed by atoms with E-state index < -0.39 is 0 Å². The number of H-pyrrole nitrogens is 1. The average molecular weight is 364 g/mol. The van der Waals surface area contributed by atoms with Crippen molar-refractivity contribution in [3.05, 3.63) is 59.5 Å². The molecule has 0 unspecified atom stereocenters. The zero-order valence-corrected chi connectivity index (χ0v) is 14.9. The average Bonchev–Trinajstić information content (AvgIpc) is 3.12. The van der Waals surface area contributed by atoms with Gasteiger partial charge in [-0.2, -0.15) is 0 Å². The third kappa shape index (κ3) is 2.69. The summed E-state index contributed by atoms with van der Waals surface area (Å²) in [5.74, 6) is 2.31. The number of para-hydroxylation sites is 4. The summed E-state index contributed by atoms with van der Waals surface area (Å²) < 4.78 is 0. The van der Waals surface area contributed by atoms with Crippen LogP contribution in [0.25, 0.3) is 22.1 Å². The molecule has 5 rings (SSSR count). The van der Waals surface area contributed by atoms with E-state index in [0.29, 0.717) is 11.1 Å². The Bertz CT molecular complexity index is 1050. The second kappa shape index (κ2) is 6.25. The van der Waals surface area contributed by atoms with Gasteiger partial charge in [-0.3, -0.25) is 0 Å². The van der Waals surface area contributed by atoms with Crippen molar-refractivity contribution in [1.82, 2.24) is 19.9 Å². The lowest BCUT2D eigenvalue weighted by molar-refractivity contribution is 0.487. The molecule has 1 saturated heterocycles. The second-order valence-corrected chi connectivity index (χ2v) is 7.09. The van der Waals surface area contributed by atoms with Crippen molar-refractivity contribution in [1.29, 1.82) is 0 Å². The van der Waals surface area contributed by atoms with Crippen LogP contribution < -0.4 is 4.90 Å². The SMILES string of the molecule is Clc1nc2ccccc2nc1N1CCC(c2nc3ccccc3[nH]2)CC1. The number of aromatic amines is 1. The Morgan fingerprint density at radius 2 is 1.50 bits per heavy atom. The molecule has 26 heavy (non-hydrogen) atoms. The predicted octanol–water partition coefficient (Wildman–Crippen LogP) is 4.54. The molecule has 2 aromatic heterocycles. The maximum absolute atomic E-state index is 6.41. The number of piperidine rings is 1. The van der Waals surface area contributed by atoms with Crippen molar-refractivity contribution in [3.8, 4) is 0 Å². The Morgan fingerprint density at radius 1 is 0.846 bits per heavy atom. The van der Waals surface area contributed by atoms with Crippen LogP contribution in [0.5, 0.6) is 0 Å². The largest absolute Gasteiger partial charge is 0.354 e. The van der Waals surface area contributed by atoms with Crippen LogP contribution in [0.3, 0.4) is 0 Å². The fourth-order valence-electron chi connectivity index (χ4n) is 3.70. The third-order valence-corrected chi connectivity index (χ3v) is 5.35.